The minimum Gasteiger partial charge on any atom is -0.364 e. The van der Waals surface area contributed by atoms with Gasteiger partial charge in [-0.1, -0.05) is 150 Å². The van der Waals surface area contributed by atoms with Crippen molar-refractivity contribution in [2.45, 2.75) is 194 Å². The fourth-order valence-electron chi connectivity index (χ4n) is 5.64. The van der Waals surface area contributed by atoms with Gasteiger partial charge in [0.1, 0.15) is 5.41 Å². The molecule has 4 nitrogen and oxygen atoms in total. The lowest BCUT2D eigenvalue weighted by Gasteiger charge is -2.41. The van der Waals surface area contributed by atoms with Gasteiger partial charge in [-0.2, -0.15) is 0 Å². The third-order valence-corrected chi connectivity index (χ3v) is 8.30. The summed E-state index contributed by atoms with van der Waals surface area (Å²) in [6.45, 7) is 8.30. The van der Waals surface area contributed by atoms with Crippen molar-refractivity contribution in [1.82, 2.24) is 0 Å². The summed E-state index contributed by atoms with van der Waals surface area (Å²) in [7, 11) is 0. The first kappa shape index (κ1) is 36.3. The second-order valence-electron chi connectivity index (χ2n) is 11.5. The Bertz CT molecular complexity index is 525. The van der Waals surface area contributed by atoms with Crippen LogP contribution in [0.1, 0.15) is 188 Å². The number of unbranched alkanes of at least 4 members (excludes halogenated alkanes) is 18. The van der Waals surface area contributed by atoms with E-state index in [1.807, 2.05) is 0 Å². The van der Waals surface area contributed by atoms with E-state index in [1.165, 1.54) is 70.6 Å². The average molecular weight is 525 g/mol. The van der Waals surface area contributed by atoms with Crippen molar-refractivity contribution in [3.8, 4) is 0 Å². The van der Waals surface area contributed by atoms with Crippen LogP contribution in [0.2, 0.25) is 0 Å². The molecule has 0 amide bonds. The summed E-state index contributed by atoms with van der Waals surface area (Å²) in [6.07, 6.45) is 23.7. The molecule has 0 aliphatic rings. The first-order valence-corrected chi connectivity index (χ1v) is 16.3. The van der Waals surface area contributed by atoms with E-state index in [0.717, 1.165) is 57.8 Å². The van der Waals surface area contributed by atoms with Gasteiger partial charge in [-0.25, -0.2) is 0 Å². The summed E-state index contributed by atoms with van der Waals surface area (Å²) in [5, 5.41) is 22.3. The molecule has 0 spiro atoms. The maximum atomic E-state index is 13.7. The first-order chi connectivity index (χ1) is 17.8. The third kappa shape index (κ3) is 14.8. The van der Waals surface area contributed by atoms with Crippen molar-refractivity contribution in [2.24, 2.45) is 5.41 Å². The van der Waals surface area contributed by atoms with Gasteiger partial charge in [-0.15, -0.1) is 0 Å². The molecule has 4 heteroatoms. The molecule has 0 atom stereocenters. The molecule has 0 aliphatic carbocycles. The SMILES string of the molecule is CCCCCCCCCC(=O)C(CCCCCCCCC)(C(=O)CCCCCCCCC)C(O)(O)CC. The number of carbonyl (C=O) groups excluding carboxylic acids is 2. The van der Waals surface area contributed by atoms with Gasteiger partial charge >= 0.3 is 0 Å². The fraction of sp³-hybridized carbons (Fsp3) is 0.939. The number of aliphatic hydroxyl groups is 2. The van der Waals surface area contributed by atoms with Gasteiger partial charge in [0.05, 0.1) is 0 Å². The van der Waals surface area contributed by atoms with Crippen LogP contribution < -0.4 is 0 Å². The zero-order chi connectivity index (χ0) is 27.8. The summed E-state index contributed by atoms with van der Waals surface area (Å²) < 4.78 is 0. The predicted molar refractivity (Wildman–Crippen MR) is 158 cm³/mol. The predicted octanol–water partition coefficient (Wildman–Crippen LogP) is 9.62. The molecule has 0 aromatic carbocycles. The minimum absolute atomic E-state index is 0.00494. The monoisotopic (exact) mass is 524 g/mol. The number of hydrogen-bond acceptors (Lipinski definition) is 4. The fourth-order valence-corrected chi connectivity index (χ4v) is 5.64. The van der Waals surface area contributed by atoms with Gasteiger partial charge in [-0.3, -0.25) is 9.59 Å². The number of ketones is 2. The number of Topliss-reactive ketones (excluding diaryl/α,β-unsaturated/α-hetero) is 2. The normalized spacial score (nSPS) is 12.3. The molecule has 37 heavy (non-hydrogen) atoms. The van der Waals surface area contributed by atoms with Crippen molar-refractivity contribution in [3.63, 3.8) is 0 Å². The molecule has 0 aliphatic heterocycles. The van der Waals surface area contributed by atoms with Gasteiger partial charge in [0.2, 0.25) is 0 Å². The van der Waals surface area contributed by atoms with Crippen molar-refractivity contribution in [2.75, 3.05) is 0 Å². The van der Waals surface area contributed by atoms with Crippen molar-refractivity contribution in [3.05, 3.63) is 0 Å². The second-order valence-corrected chi connectivity index (χ2v) is 11.5. The van der Waals surface area contributed by atoms with E-state index in [2.05, 4.69) is 20.8 Å². The molecule has 220 valence electrons. The molecule has 2 N–H and O–H groups in total. The Kier molecular flexibility index (Phi) is 22.7. The Balaban J connectivity index is 5.26. The summed E-state index contributed by atoms with van der Waals surface area (Å²) in [4.78, 5) is 27.4. The van der Waals surface area contributed by atoms with E-state index in [1.54, 1.807) is 6.92 Å². The highest BCUT2D eigenvalue weighted by atomic mass is 16.5. The van der Waals surface area contributed by atoms with Crippen molar-refractivity contribution in [1.29, 1.82) is 0 Å². The van der Waals surface area contributed by atoms with Crippen LogP contribution in [0, 0.1) is 5.41 Å². The van der Waals surface area contributed by atoms with Gasteiger partial charge < -0.3 is 10.2 Å². The van der Waals surface area contributed by atoms with Crippen LogP contribution in [-0.4, -0.2) is 27.6 Å². The molecule has 0 saturated heterocycles. The lowest BCUT2D eigenvalue weighted by atomic mass is 9.65. The molecule has 0 fully saturated rings. The summed E-state index contributed by atoms with van der Waals surface area (Å²) >= 11 is 0. The molecule has 0 bridgehead atoms. The van der Waals surface area contributed by atoms with E-state index in [0.29, 0.717) is 6.42 Å². The molecular formula is C33H64O4. The lowest BCUT2D eigenvalue weighted by Crippen LogP contribution is -2.58. The smallest absolute Gasteiger partial charge is 0.182 e. The number of rotatable bonds is 28. The van der Waals surface area contributed by atoms with Crippen molar-refractivity contribution < 1.29 is 19.8 Å². The van der Waals surface area contributed by atoms with Crippen LogP contribution in [0.3, 0.4) is 0 Å². The zero-order valence-electron chi connectivity index (χ0n) is 25.4. The zero-order valence-corrected chi connectivity index (χ0v) is 25.4. The summed E-state index contributed by atoms with van der Waals surface area (Å²) in [5.74, 6) is -2.73. The van der Waals surface area contributed by atoms with Crippen LogP contribution in [0.25, 0.3) is 0 Å². The molecule has 0 saturated carbocycles. The molecule has 0 rings (SSSR count). The largest absolute Gasteiger partial charge is 0.364 e. The third-order valence-electron chi connectivity index (χ3n) is 8.30. The van der Waals surface area contributed by atoms with Gasteiger partial charge in [0.25, 0.3) is 0 Å². The Hall–Kier alpha value is -0.740. The second kappa shape index (κ2) is 23.2. The summed E-state index contributed by atoms with van der Waals surface area (Å²) in [5.41, 5.74) is -1.67. The van der Waals surface area contributed by atoms with Gasteiger partial charge in [0.15, 0.2) is 17.4 Å². The van der Waals surface area contributed by atoms with Gasteiger partial charge in [0, 0.05) is 12.8 Å². The minimum atomic E-state index is -2.27. The number of carbonyl (C=O) groups is 2. The lowest BCUT2D eigenvalue weighted by molar-refractivity contribution is -0.236. The van der Waals surface area contributed by atoms with Crippen LogP contribution in [0.15, 0.2) is 0 Å². The van der Waals surface area contributed by atoms with E-state index >= 15 is 0 Å². The van der Waals surface area contributed by atoms with E-state index in [4.69, 9.17) is 0 Å². The molecule has 0 aromatic rings. The highest BCUT2D eigenvalue weighted by Gasteiger charge is 2.57. The maximum absolute atomic E-state index is 13.7. The van der Waals surface area contributed by atoms with E-state index in [-0.39, 0.29) is 37.2 Å². The highest BCUT2D eigenvalue weighted by molar-refractivity contribution is 6.08. The molecule has 0 aromatic heterocycles. The quantitative estimate of drug-likeness (QED) is 0.0607. The molecule has 0 heterocycles. The Morgan fingerprint density at radius 1 is 0.459 bits per heavy atom. The Morgan fingerprint density at radius 3 is 1.08 bits per heavy atom. The molecule has 0 unspecified atom stereocenters. The highest BCUT2D eigenvalue weighted by Crippen LogP contribution is 2.42. The van der Waals surface area contributed by atoms with E-state index in [9.17, 15) is 19.8 Å². The molecule has 0 radical (unpaired) electrons. The van der Waals surface area contributed by atoms with E-state index < -0.39 is 11.2 Å². The Labute approximate surface area is 230 Å². The van der Waals surface area contributed by atoms with Crippen LogP contribution in [0.5, 0.6) is 0 Å². The number of hydrogen-bond donors (Lipinski definition) is 2. The summed E-state index contributed by atoms with van der Waals surface area (Å²) in [6, 6.07) is 0. The van der Waals surface area contributed by atoms with Crippen LogP contribution in [0.4, 0.5) is 0 Å². The van der Waals surface area contributed by atoms with Gasteiger partial charge in [-0.05, 0) is 25.7 Å². The maximum Gasteiger partial charge on any atom is 0.182 e. The van der Waals surface area contributed by atoms with Crippen LogP contribution >= 0.6 is 0 Å². The standard InChI is InChI=1S/C33H64O4/c1-5-9-12-15-18-21-24-27-30(34)32(33(36,37)8-4,29-26-23-20-17-14-11-7-3)31(35)28-25-22-19-16-13-10-6-2/h36-37H,5-29H2,1-4H3. The van der Waals surface area contributed by atoms with Crippen molar-refractivity contribution >= 4 is 11.6 Å². The first-order valence-electron chi connectivity index (χ1n) is 16.3. The Morgan fingerprint density at radius 2 is 0.757 bits per heavy atom. The topological polar surface area (TPSA) is 74.6 Å². The molecular weight excluding hydrogens is 460 g/mol. The average Bonchev–Trinajstić information content (AvgIpc) is 2.88. The van der Waals surface area contributed by atoms with Crippen LogP contribution in [-0.2, 0) is 9.59 Å².